The first-order chi connectivity index (χ1) is 15.9. The summed E-state index contributed by atoms with van der Waals surface area (Å²) in [6.07, 6.45) is 4.00. The van der Waals surface area contributed by atoms with Crippen molar-refractivity contribution in [2.75, 3.05) is 17.7 Å². The number of hydrogen-bond donors (Lipinski definition) is 3. The highest BCUT2D eigenvalue weighted by Crippen LogP contribution is 2.26. The van der Waals surface area contributed by atoms with Crippen molar-refractivity contribution in [1.82, 2.24) is 29.5 Å². The van der Waals surface area contributed by atoms with Crippen LogP contribution in [0.4, 0.5) is 21.6 Å². The van der Waals surface area contributed by atoms with Crippen molar-refractivity contribution in [2.45, 2.75) is 25.6 Å². The van der Waals surface area contributed by atoms with Crippen molar-refractivity contribution in [2.24, 2.45) is 0 Å². The molecule has 0 unspecified atom stereocenters. The van der Waals surface area contributed by atoms with Crippen LogP contribution in [-0.4, -0.2) is 49.3 Å². The van der Waals surface area contributed by atoms with Crippen molar-refractivity contribution in [3.8, 4) is 5.82 Å². The van der Waals surface area contributed by atoms with Gasteiger partial charge in [-0.25, -0.2) is 18.9 Å². The molecule has 1 saturated carbocycles. The molecule has 0 aliphatic heterocycles. The van der Waals surface area contributed by atoms with E-state index >= 15 is 0 Å². The Bertz CT molecular complexity index is 1410. The molecule has 1 aliphatic rings. The zero-order valence-corrected chi connectivity index (χ0v) is 17.9. The predicted molar refractivity (Wildman–Crippen MR) is 121 cm³/mol. The van der Waals surface area contributed by atoms with Gasteiger partial charge in [-0.3, -0.25) is 14.2 Å². The number of alkyl halides is 1. The van der Waals surface area contributed by atoms with E-state index in [1.165, 1.54) is 15.3 Å². The number of amides is 1. The number of fused-ring (bicyclic) bond motifs is 1. The number of hydrogen-bond acceptors (Lipinski definition) is 7. The lowest BCUT2D eigenvalue weighted by molar-refractivity contribution is 0.0940. The molecule has 1 fully saturated rings. The average molecular weight is 448 g/mol. The topological polar surface area (TPSA) is 118 Å². The van der Waals surface area contributed by atoms with Gasteiger partial charge in [0.2, 0.25) is 0 Å². The van der Waals surface area contributed by atoms with Crippen molar-refractivity contribution in [3.63, 3.8) is 0 Å². The number of pyridine rings is 2. The van der Waals surface area contributed by atoms with Gasteiger partial charge in [-0.05, 0) is 30.7 Å². The highest BCUT2D eigenvalue weighted by Gasteiger charge is 2.39. The smallest absolute Gasteiger partial charge is 0.279 e. The minimum Gasteiger partial charge on any atom is -0.385 e. The second-order valence-electron chi connectivity index (χ2n) is 7.82. The van der Waals surface area contributed by atoms with Crippen molar-refractivity contribution < 1.29 is 9.18 Å². The fraction of sp³-hybridized carbons (Fsp3) is 0.227. The SMILES string of the molecule is CNc1cc(Nc2cccn(-c3ccc(C)cn3)c2=O)nn2c(C(=O)N[C@@H]3C[C@@H]3F)cnc12. The lowest BCUT2D eigenvalue weighted by atomic mass is 10.3. The van der Waals surface area contributed by atoms with Gasteiger partial charge in [0.05, 0.1) is 17.9 Å². The van der Waals surface area contributed by atoms with Gasteiger partial charge >= 0.3 is 0 Å². The van der Waals surface area contributed by atoms with Crippen LogP contribution in [0.5, 0.6) is 0 Å². The third-order valence-corrected chi connectivity index (χ3v) is 5.35. The molecule has 4 aromatic heterocycles. The van der Waals surface area contributed by atoms with E-state index in [1.54, 1.807) is 43.7 Å². The Morgan fingerprint density at radius 3 is 2.70 bits per heavy atom. The Labute approximate surface area is 187 Å². The molecule has 0 radical (unpaired) electrons. The summed E-state index contributed by atoms with van der Waals surface area (Å²) >= 11 is 0. The minimum absolute atomic E-state index is 0.165. The molecule has 1 aliphatic carbocycles. The monoisotopic (exact) mass is 448 g/mol. The number of aromatic nitrogens is 5. The van der Waals surface area contributed by atoms with E-state index in [-0.39, 0.29) is 16.9 Å². The van der Waals surface area contributed by atoms with Gasteiger partial charge in [0.1, 0.15) is 17.7 Å². The molecule has 33 heavy (non-hydrogen) atoms. The Hall–Kier alpha value is -4.28. The minimum atomic E-state index is -1.02. The van der Waals surface area contributed by atoms with Gasteiger partial charge in [-0.15, -0.1) is 5.10 Å². The van der Waals surface area contributed by atoms with Gasteiger partial charge in [0.25, 0.3) is 11.5 Å². The fourth-order valence-electron chi connectivity index (χ4n) is 3.43. The van der Waals surface area contributed by atoms with E-state index in [0.717, 1.165) is 5.56 Å². The Morgan fingerprint density at radius 2 is 2.00 bits per heavy atom. The van der Waals surface area contributed by atoms with Gasteiger partial charge in [-0.2, -0.15) is 0 Å². The highest BCUT2D eigenvalue weighted by molar-refractivity contribution is 5.94. The van der Waals surface area contributed by atoms with E-state index in [2.05, 4.69) is 31.0 Å². The summed E-state index contributed by atoms with van der Waals surface area (Å²) in [7, 11) is 1.71. The first-order valence-electron chi connectivity index (χ1n) is 10.4. The molecular formula is C22H21FN8O2. The van der Waals surface area contributed by atoms with Crippen LogP contribution in [0.3, 0.4) is 0 Å². The summed E-state index contributed by atoms with van der Waals surface area (Å²) < 4.78 is 16.0. The Kier molecular flexibility index (Phi) is 5.00. The third kappa shape index (κ3) is 3.88. The molecule has 3 N–H and O–H groups in total. The molecule has 0 bridgehead atoms. The molecule has 168 valence electrons. The van der Waals surface area contributed by atoms with Gasteiger partial charge in [0.15, 0.2) is 17.2 Å². The van der Waals surface area contributed by atoms with Crippen LogP contribution in [0.15, 0.2) is 53.7 Å². The lowest BCUT2D eigenvalue weighted by Crippen LogP contribution is -2.28. The maximum absolute atomic E-state index is 13.2. The summed E-state index contributed by atoms with van der Waals surface area (Å²) in [5.74, 6) is 0.348. The molecule has 4 heterocycles. The van der Waals surface area contributed by atoms with Gasteiger partial charge < -0.3 is 16.0 Å². The summed E-state index contributed by atoms with van der Waals surface area (Å²) in [4.78, 5) is 34.2. The van der Waals surface area contributed by atoms with Crippen LogP contribution in [0, 0.1) is 6.92 Å². The first-order valence-corrected chi connectivity index (χ1v) is 10.4. The van der Waals surface area contributed by atoms with Crippen LogP contribution in [0.1, 0.15) is 22.5 Å². The normalized spacial score (nSPS) is 17.1. The number of imidazole rings is 1. The van der Waals surface area contributed by atoms with Gasteiger partial charge in [-0.1, -0.05) is 6.07 Å². The zero-order chi connectivity index (χ0) is 23.1. The molecular weight excluding hydrogens is 427 g/mol. The molecule has 4 aromatic rings. The van der Waals surface area contributed by atoms with Crippen molar-refractivity contribution >= 4 is 28.7 Å². The predicted octanol–water partition coefficient (Wildman–Crippen LogP) is 2.21. The molecule has 0 spiro atoms. The van der Waals surface area contributed by atoms with E-state index in [9.17, 15) is 14.0 Å². The number of nitrogens with one attached hydrogen (secondary N) is 3. The fourth-order valence-corrected chi connectivity index (χ4v) is 3.43. The maximum atomic E-state index is 13.2. The van der Waals surface area contributed by atoms with Crippen LogP contribution >= 0.6 is 0 Å². The van der Waals surface area contributed by atoms with E-state index in [0.29, 0.717) is 29.4 Å². The number of aryl methyl sites for hydroxylation is 1. The number of halogens is 1. The third-order valence-electron chi connectivity index (χ3n) is 5.35. The van der Waals surface area contributed by atoms with E-state index in [1.807, 2.05) is 13.0 Å². The standard InChI is InChI=1S/C22H21FN8O2/c1-12-5-6-19(25-10-12)30-7-3-4-14(22(30)33)27-18-9-16(24-2)20-26-11-17(31(20)29-18)21(32)28-15-8-13(15)23/h3-7,9-11,13,15,24H,8H2,1-2H3,(H,27,29)(H,28,32)/t13-,15+/m0/s1. The van der Waals surface area contributed by atoms with Crippen molar-refractivity contribution in [3.05, 3.63) is 70.5 Å². The molecule has 11 heteroatoms. The van der Waals surface area contributed by atoms with E-state index in [4.69, 9.17) is 0 Å². The number of anilines is 3. The summed E-state index contributed by atoms with van der Waals surface area (Å²) in [5.41, 5.74) is 2.14. The zero-order valence-electron chi connectivity index (χ0n) is 17.9. The Morgan fingerprint density at radius 1 is 1.18 bits per heavy atom. The molecule has 0 aromatic carbocycles. The molecule has 1 amide bonds. The summed E-state index contributed by atoms with van der Waals surface area (Å²) in [6, 6.07) is 8.20. The second kappa shape index (κ2) is 8.01. The van der Waals surface area contributed by atoms with Gasteiger partial charge in [0, 0.05) is 31.9 Å². The maximum Gasteiger partial charge on any atom is 0.279 e. The quantitative estimate of drug-likeness (QED) is 0.414. The molecule has 0 saturated heterocycles. The van der Waals surface area contributed by atoms with Crippen LogP contribution in [0.2, 0.25) is 0 Å². The van der Waals surface area contributed by atoms with Crippen LogP contribution < -0.4 is 21.5 Å². The van der Waals surface area contributed by atoms with Crippen LogP contribution in [0.25, 0.3) is 11.5 Å². The number of carbonyl (C=O) groups is 1. The summed E-state index contributed by atoms with van der Waals surface area (Å²) in [5, 5.41) is 13.1. The largest absolute Gasteiger partial charge is 0.385 e. The Balaban J connectivity index is 1.51. The lowest BCUT2D eigenvalue weighted by Gasteiger charge is -2.11. The highest BCUT2D eigenvalue weighted by atomic mass is 19.1. The second-order valence-corrected chi connectivity index (χ2v) is 7.82. The van der Waals surface area contributed by atoms with Crippen molar-refractivity contribution in [1.29, 1.82) is 0 Å². The average Bonchev–Trinajstić information content (AvgIpc) is 3.32. The number of carbonyl (C=O) groups excluding carboxylic acids is 1. The molecule has 2 atom stereocenters. The molecule has 5 rings (SSSR count). The number of rotatable bonds is 6. The molecule has 10 nitrogen and oxygen atoms in total. The van der Waals surface area contributed by atoms with Crippen LogP contribution in [-0.2, 0) is 0 Å². The van der Waals surface area contributed by atoms with E-state index < -0.39 is 18.1 Å². The first kappa shape index (κ1) is 20.6. The number of nitrogens with zero attached hydrogens (tertiary/aromatic N) is 5. The summed E-state index contributed by atoms with van der Waals surface area (Å²) in [6.45, 7) is 1.92.